The Balaban J connectivity index is 2.58. The third kappa shape index (κ3) is 2.68. The van der Waals surface area contributed by atoms with E-state index in [1.54, 1.807) is 42.5 Å². The predicted octanol–water partition coefficient (Wildman–Crippen LogP) is 1.62. The second-order valence-corrected chi connectivity index (χ2v) is 5.97. The molecule has 3 heteroatoms. The molecule has 2 aromatic carbocycles. The van der Waals surface area contributed by atoms with Gasteiger partial charge in [-0.15, -0.1) is 0 Å². The fourth-order valence-corrected chi connectivity index (χ4v) is 2.83. The van der Waals surface area contributed by atoms with Crippen molar-refractivity contribution in [2.24, 2.45) is 0 Å². The highest BCUT2D eigenvalue weighted by Gasteiger charge is 2.09. The first-order valence-corrected chi connectivity index (χ1v) is 7.11. The van der Waals surface area contributed by atoms with Gasteiger partial charge in [0.2, 0.25) is 0 Å². The second kappa shape index (κ2) is 4.78. The second-order valence-electron chi connectivity index (χ2n) is 4.17. The summed E-state index contributed by atoms with van der Waals surface area (Å²) in [5, 5.41) is 2.59. The molecule has 0 spiro atoms. The lowest BCUT2D eigenvalue weighted by molar-refractivity contribution is 0.607. The summed E-state index contributed by atoms with van der Waals surface area (Å²) < 4.78 is 24.4. The molecule has 0 fully saturated rings. The van der Waals surface area contributed by atoms with Crippen LogP contribution in [0, 0.1) is 6.92 Å². The first-order valence-electron chi connectivity index (χ1n) is 5.56. The molecule has 0 aromatic heterocycles. The van der Waals surface area contributed by atoms with Crippen molar-refractivity contribution in [2.75, 3.05) is 0 Å². The van der Waals surface area contributed by atoms with Gasteiger partial charge in [-0.3, -0.25) is 0 Å². The first kappa shape index (κ1) is 12.6. The van der Waals surface area contributed by atoms with E-state index in [0.717, 1.165) is 5.56 Å². The van der Waals surface area contributed by atoms with E-state index in [1.807, 2.05) is 13.0 Å². The van der Waals surface area contributed by atoms with E-state index >= 15 is 0 Å². The van der Waals surface area contributed by atoms with Crippen LogP contribution in [0.4, 0.5) is 0 Å². The fourth-order valence-electron chi connectivity index (χ4n) is 1.61. The van der Waals surface area contributed by atoms with E-state index in [-0.39, 0.29) is 0 Å². The summed E-state index contributed by atoms with van der Waals surface area (Å²) in [5.41, 5.74) is 1.03. The topological polar surface area (TPSA) is 34.1 Å². The molecule has 2 nitrogen and oxygen atoms in total. The molecule has 2 rings (SSSR count). The van der Waals surface area contributed by atoms with Crippen LogP contribution >= 0.6 is 0 Å². The zero-order chi connectivity index (χ0) is 13.2. The molecule has 0 heterocycles. The Kier molecular flexibility index (Phi) is 3.34. The summed E-state index contributed by atoms with van der Waals surface area (Å²) in [4.78, 5) is 0.302. The van der Waals surface area contributed by atoms with Gasteiger partial charge in [0, 0.05) is 5.41 Å². The molecule has 2 aromatic rings. The highest BCUT2D eigenvalue weighted by Crippen LogP contribution is 2.12. The van der Waals surface area contributed by atoms with Gasteiger partial charge < -0.3 is 0 Å². The van der Waals surface area contributed by atoms with E-state index in [1.165, 1.54) is 5.41 Å². The monoisotopic (exact) mass is 258 g/mol. The van der Waals surface area contributed by atoms with Crippen LogP contribution in [0.15, 0.2) is 53.4 Å². The van der Waals surface area contributed by atoms with E-state index in [9.17, 15) is 8.42 Å². The molecule has 0 aliphatic heterocycles. The molecule has 0 amide bonds. The van der Waals surface area contributed by atoms with Gasteiger partial charge in [0.15, 0.2) is 9.84 Å². The smallest absolute Gasteiger partial charge is 0.200 e. The quantitative estimate of drug-likeness (QED) is 0.820. The lowest BCUT2D eigenvalue weighted by Gasteiger charge is -1.99. The predicted molar refractivity (Wildman–Crippen MR) is 74.0 cm³/mol. The van der Waals surface area contributed by atoms with E-state index in [0.29, 0.717) is 15.3 Å². The molecule has 18 heavy (non-hydrogen) atoms. The summed E-state index contributed by atoms with van der Waals surface area (Å²) in [6, 6.07) is 14.0. The van der Waals surface area contributed by atoms with Crippen molar-refractivity contribution in [2.45, 2.75) is 11.8 Å². The highest BCUT2D eigenvalue weighted by atomic mass is 32.2. The number of rotatable bonds is 2. The Bertz CT molecular complexity index is 757. The molecule has 0 atom stereocenters. The lowest BCUT2D eigenvalue weighted by Crippen LogP contribution is -2.23. The zero-order valence-corrected chi connectivity index (χ0v) is 10.9. The SMILES string of the molecule is C=c1cccc/c1=C\S(=O)(=O)c1ccc(C)cc1. The molecule has 92 valence electrons. The van der Waals surface area contributed by atoms with Crippen LogP contribution in [0.1, 0.15) is 5.56 Å². The lowest BCUT2D eigenvalue weighted by atomic mass is 10.2. The molecule has 0 saturated carbocycles. The van der Waals surface area contributed by atoms with Crippen LogP contribution in [-0.2, 0) is 9.84 Å². The Morgan fingerprint density at radius 2 is 1.61 bits per heavy atom. The first-order chi connectivity index (χ1) is 8.49. The van der Waals surface area contributed by atoms with Gasteiger partial charge in [-0.1, -0.05) is 48.5 Å². The van der Waals surface area contributed by atoms with Gasteiger partial charge in [0.25, 0.3) is 0 Å². The summed E-state index contributed by atoms with van der Waals surface area (Å²) in [7, 11) is -3.42. The Morgan fingerprint density at radius 3 is 2.22 bits per heavy atom. The molecule has 0 radical (unpaired) electrons. The molecule has 0 saturated heterocycles. The minimum absolute atomic E-state index is 0.302. The molecule has 0 bridgehead atoms. The maximum Gasteiger partial charge on any atom is 0.200 e. The average Bonchev–Trinajstić information content (AvgIpc) is 2.32. The number of sulfone groups is 1. The van der Waals surface area contributed by atoms with Crippen molar-refractivity contribution >= 4 is 21.8 Å². The Morgan fingerprint density at radius 1 is 1.00 bits per heavy atom. The minimum Gasteiger partial charge on any atom is -0.219 e. The number of benzene rings is 2. The van der Waals surface area contributed by atoms with Crippen molar-refractivity contribution in [3.63, 3.8) is 0 Å². The summed E-state index contributed by atoms with van der Waals surface area (Å²) in [6.45, 7) is 5.74. The summed E-state index contributed by atoms with van der Waals surface area (Å²) >= 11 is 0. The van der Waals surface area contributed by atoms with Gasteiger partial charge in [0.05, 0.1) is 4.90 Å². The molecule has 0 N–H and O–H groups in total. The number of hydrogen-bond donors (Lipinski definition) is 0. The van der Waals surface area contributed by atoms with Gasteiger partial charge in [-0.2, -0.15) is 0 Å². The third-order valence-electron chi connectivity index (χ3n) is 2.69. The van der Waals surface area contributed by atoms with Gasteiger partial charge in [-0.25, -0.2) is 8.42 Å². The van der Waals surface area contributed by atoms with Crippen LogP contribution < -0.4 is 10.4 Å². The Labute approximate surface area is 107 Å². The van der Waals surface area contributed by atoms with Crippen LogP contribution in [-0.4, -0.2) is 8.42 Å². The number of aryl methyl sites for hydroxylation is 1. The normalized spacial score (nSPS) is 12.6. The van der Waals surface area contributed by atoms with E-state index in [4.69, 9.17) is 0 Å². The molecule has 0 unspecified atom stereocenters. The Hall–Kier alpha value is -1.87. The highest BCUT2D eigenvalue weighted by molar-refractivity contribution is 7.98. The van der Waals surface area contributed by atoms with Gasteiger partial charge in [-0.05, 0) is 29.5 Å². The minimum atomic E-state index is -3.42. The van der Waals surface area contributed by atoms with Gasteiger partial charge in [0.1, 0.15) is 0 Å². The van der Waals surface area contributed by atoms with Gasteiger partial charge >= 0.3 is 0 Å². The molecular weight excluding hydrogens is 244 g/mol. The van der Waals surface area contributed by atoms with E-state index < -0.39 is 9.84 Å². The summed E-state index contributed by atoms with van der Waals surface area (Å²) in [5.74, 6) is 0. The molecular formula is C15H14O2S. The van der Waals surface area contributed by atoms with Crippen molar-refractivity contribution in [1.29, 1.82) is 0 Å². The third-order valence-corrected chi connectivity index (χ3v) is 4.18. The standard InChI is InChI=1S/C15H14O2S/c1-12-7-9-15(10-8-12)18(16,17)11-14-6-4-3-5-13(14)2/h3-11H,2H2,1H3/b14-11+. The average molecular weight is 258 g/mol. The van der Waals surface area contributed by atoms with Crippen LogP contribution in [0.3, 0.4) is 0 Å². The number of hydrogen-bond acceptors (Lipinski definition) is 2. The van der Waals surface area contributed by atoms with E-state index in [2.05, 4.69) is 6.58 Å². The zero-order valence-electron chi connectivity index (χ0n) is 10.1. The van der Waals surface area contributed by atoms with Crippen molar-refractivity contribution in [1.82, 2.24) is 0 Å². The van der Waals surface area contributed by atoms with Crippen LogP contribution in [0.5, 0.6) is 0 Å². The molecule has 0 aliphatic rings. The summed E-state index contributed by atoms with van der Waals surface area (Å²) in [6.07, 6.45) is 0. The molecule has 0 aliphatic carbocycles. The fraction of sp³-hybridized carbons (Fsp3) is 0.0667. The van der Waals surface area contributed by atoms with Crippen molar-refractivity contribution in [3.8, 4) is 0 Å². The maximum absolute atomic E-state index is 12.2. The maximum atomic E-state index is 12.2. The van der Waals surface area contributed by atoms with Crippen LogP contribution in [0.25, 0.3) is 12.0 Å². The van der Waals surface area contributed by atoms with Crippen molar-refractivity contribution in [3.05, 3.63) is 64.5 Å². The largest absolute Gasteiger partial charge is 0.219 e. The van der Waals surface area contributed by atoms with Crippen LogP contribution in [0.2, 0.25) is 0 Å². The van der Waals surface area contributed by atoms with Crippen molar-refractivity contribution < 1.29 is 8.42 Å².